The van der Waals surface area contributed by atoms with Crippen molar-refractivity contribution in [1.82, 2.24) is 5.32 Å². The van der Waals surface area contributed by atoms with Crippen LogP contribution in [0.4, 0.5) is 14.5 Å². The van der Waals surface area contributed by atoms with Crippen LogP contribution >= 0.6 is 0 Å². The molecule has 2 atom stereocenters. The first-order valence-electron chi connectivity index (χ1n) is 7.98. The molecular formula is C19H18F2N2O2. The Kier molecular flexibility index (Phi) is 4.53. The zero-order valence-electron chi connectivity index (χ0n) is 13.6. The summed E-state index contributed by atoms with van der Waals surface area (Å²) in [7, 11) is 0. The lowest BCUT2D eigenvalue weighted by molar-refractivity contribution is -0.114. The molecule has 3 rings (SSSR count). The molecule has 6 heteroatoms. The molecule has 1 saturated carbocycles. The second kappa shape index (κ2) is 6.63. The van der Waals surface area contributed by atoms with Gasteiger partial charge in [-0.15, -0.1) is 0 Å². The smallest absolute Gasteiger partial charge is 0.260 e. The van der Waals surface area contributed by atoms with E-state index in [1.165, 1.54) is 13.0 Å². The van der Waals surface area contributed by atoms with Crippen LogP contribution in [0.1, 0.15) is 28.8 Å². The van der Waals surface area contributed by atoms with E-state index in [1.807, 2.05) is 0 Å². The largest absolute Gasteiger partial charge is 0.352 e. The first kappa shape index (κ1) is 17.1. The van der Waals surface area contributed by atoms with Crippen LogP contribution in [0.2, 0.25) is 0 Å². The monoisotopic (exact) mass is 344 g/mol. The third-order valence-electron chi connectivity index (χ3n) is 4.29. The number of anilines is 1. The van der Waals surface area contributed by atoms with Gasteiger partial charge in [-0.2, -0.15) is 0 Å². The average molecular weight is 344 g/mol. The van der Waals surface area contributed by atoms with Gasteiger partial charge >= 0.3 is 0 Å². The average Bonchev–Trinajstić information content (AvgIpc) is 3.14. The molecule has 1 fully saturated rings. The van der Waals surface area contributed by atoms with Crippen molar-refractivity contribution in [2.75, 3.05) is 11.9 Å². The maximum absolute atomic E-state index is 14.0. The van der Waals surface area contributed by atoms with Crippen molar-refractivity contribution in [2.24, 2.45) is 5.92 Å². The van der Waals surface area contributed by atoms with E-state index in [0.29, 0.717) is 16.8 Å². The number of alkyl halides is 2. The Morgan fingerprint density at radius 1 is 1.08 bits per heavy atom. The second-order valence-corrected chi connectivity index (χ2v) is 6.14. The number of nitrogens with one attached hydrogen (secondary N) is 2. The van der Waals surface area contributed by atoms with Crippen molar-refractivity contribution >= 4 is 17.5 Å². The summed E-state index contributed by atoms with van der Waals surface area (Å²) >= 11 is 0. The van der Waals surface area contributed by atoms with Crippen LogP contribution in [-0.2, 0) is 4.79 Å². The van der Waals surface area contributed by atoms with E-state index in [1.54, 1.807) is 48.5 Å². The molecule has 0 saturated heterocycles. The summed E-state index contributed by atoms with van der Waals surface area (Å²) < 4.78 is 28.0. The minimum Gasteiger partial charge on any atom is -0.352 e. The number of carbonyl (C=O) groups excluding carboxylic acids is 2. The minimum absolute atomic E-state index is 0.101. The maximum atomic E-state index is 14.0. The fourth-order valence-electron chi connectivity index (χ4n) is 3.01. The Morgan fingerprint density at radius 2 is 1.80 bits per heavy atom. The molecule has 0 heterocycles. The lowest BCUT2D eigenvalue weighted by Gasteiger charge is -2.07. The standard InChI is InChI=1S/C19H18F2N2O2/c1-12(24)23-15-9-5-8-14(10-15)18(25)22-11-16-17(19(16,20)21)13-6-3-2-4-7-13/h2-10,16-17H,11H2,1H3,(H,22,25)(H,23,24)/t16-,17-/m1/s1. The molecule has 2 aromatic carbocycles. The van der Waals surface area contributed by atoms with Gasteiger partial charge in [0.1, 0.15) is 0 Å². The van der Waals surface area contributed by atoms with E-state index in [0.717, 1.165) is 0 Å². The molecule has 130 valence electrons. The highest BCUT2D eigenvalue weighted by atomic mass is 19.3. The highest BCUT2D eigenvalue weighted by molar-refractivity contribution is 5.96. The first-order valence-corrected chi connectivity index (χ1v) is 7.98. The molecule has 0 aromatic heterocycles. The molecule has 1 aliphatic rings. The molecule has 1 aliphatic carbocycles. The van der Waals surface area contributed by atoms with E-state index >= 15 is 0 Å². The van der Waals surface area contributed by atoms with Gasteiger partial charge in [0.2, 0.25) is 5.91 Å². The number of carbonyl (C=O) groups is 2. The molecular weight excluding hydrogens is 326 g/mol. The second-order valence-electron chi connectivity index (χ2n) is 6.14. The molecule has 25 heavy (non-hydrogen) atoms. The Balaban J connectivity index is 1.62. The van der Waals surface area contributed by atoms with E-state index in [-0.39, 0.29) is 12.5 Å². The summed E-state index contributed by atoms with van der Waals surface area (Å²) in [5, 5.41) is 5.15. The third-order valence-corrected chi connectivity index (χ3v) is 4.29. The van der Waals surface area contributed by atoms with E-state index < -0.39 is 23.7 Å². The Hall–Kier alpha value is -2.76. The quantitative estimate of drug-likeness (QED) is 0.873. The highest BCUT2D eigenvalue weighted by Gasteiger charge is 2.68. The summed E-state index contributed by atoms with van der Waals surface area (Å²) in [5.41, 5.74) is 1.38. The molecule has 2 aromatic rings. The third kappa shape index (κ3) is 3.68. The zero-order chi connectivity index (χ0) is 18.0. The maximum Gasteiger partial charge on any atom is 0.260 e. The van der Waals surface area contributed by atoms with Gasteiger partial charge < -0.3 is 10.6 Å². The minimum atomic E-state index is -2.81. The fourth-order valence-corrected chi connectivity index (χ4v) is 3.01. The Labute approximate surface area is 144 Å². The summed E-state index contributed by atoms with van der Waals surface area (Å²) in [4.78, 5) is 23.3. The summed E-state index contributed by atoms with van der Waals surface area (Å²) in [6.07, 6.45) is 0. The number of hydrogen-bond acceptors (Lipinski definition) is 2. The Bertz CT molecular complexity index is 793. The van der Waals surface area contributed by atoms with Crippen LogP contribution in [0.15, 0.2) is 54.6 Å². The van der Waals surface area contributed by atoms with Gasteiger partial charge in [-0.1, -0.05) is 36.4 Å². The summed E-state index contributed by atoms with van der Waals surface area (Å²) in [5.74, 6) is -5.27. The number of benzene rings is 2. The molecule has 4 nitrogen and oxygen atoms in total. The molecule has 0 spiro atoms. The highest BCUT2D eigenvalue weighted by Crippen LogP contribution is 2.61. The molecule has 0 bridgehead atoms. The molecule has 2 N–H and O–H groups in total. The van der Waals surface area contributed by atoms with Crippen molar-refractivity contribution < 1.29 is 18.4 Å². The predicted molar refractivity (Wildman–Crippen MR) is 90.7 cm³/mol. The van der Waals surface area contributed by atoms with Crippen molar-refractivity contribution in [3.05, 3.63) is 65.7 Å². The van der Waals surface area contributed by atoms with Crippen molar-refractivity contribution in [1.29, 1.82) is 0 Å². The predicted octanol–water partition coefficient (Wildman–Crippen LogP) is 3.42. The van der Waals surface area contributed by atoms with Crippen molar-refractivity contribution in [3.8, 4) is 0 Å². The number of halogens is 2. The van der Waals surface area contributed by atoms with E-state index in [2.05, 4.69) is 10.6 Å². The number of amides is 2. The summed E-state index contributed by atoms with van der Waals surface area (Å²) in [6.45, 7) is 1.27. The van der Waals surface area contributed by atoms with E-state index in [4.69, 9.17) is 0 Å². The van der Waals surface area contributed by atoms with Gasteiger partial charge in [0.15, 0.2) is 0 Å². The normalized spacial score (nSPS) is 20.6. The van der Waals surface area contributed by atoms with Gasteiger partial charge in [0, 0.05) is 24.7 Å². The van der Waals surface area contributed by atoms with Crippen LogP contribution in [0, 0.1) is 5.92 Å². The fraction of sp³-hybridized carbons (Fsp3) is 0.263. The molecule has 2 amide bonds. The SMILES string of the molecule is CC(=O)Nc1cccc(C(=O)NC[C@@H]2[C@@H](c3ccccc3)C2(F)F)c1. The first-order chi connectivity index (χ1) is 11.9. The Morgan fingerprint density at radius 3 is 2.48 bits per heavy atom. The summed E-state index contributed by atoms with van der Waals surface area (Å²) in [6, 6.07) is 14.9. The van der Waals surface area contributed by atoms with Gasteiger partial charge in [-0.3, -0.25) is 9.59 Å². The van der Waals surface area contributed by atoms with Crippen LogP contribution in [0.5, 0.6) is 0 Å². The lowest BCUT2D eigenvalue weighted by Crippen LogP contribution is -2.27. The zero-order valence-corrected chi connectivity index (χ0v) is 13.6. The van der Waals surface area contributed by atoms with Crippen LogP contribution in [0.25, 0.3) is 0 Å². The molecule has 0 aliphatic heterocycles. The van der Waals surface area contributed by atoms with Crippen LogP contribution in [0.3, 0.4) is 0 Å². The van der Waals surface area contributed by atoms with E-state index in [9.17, 15) is 18.4 Å². The van der Waals surface area contributed by atoms with Gasteiger partial charge in [0.05, 0.1) is 11.8 Å². The van der Waals surface area contributed by atoms with Gasteiger partial charge in [0.25, 0.3) is 11.8 Å². The topological polar surface area (TPSA) is 58.2 Å². The number of rotatable bonds is 5. The molecule has 0 radical (unpaired) electrons. The van der Waals surface area contributed by atoms with Crippen molar-refractivity contribution in [3.63, 3.8) is 0 Å². The van der Waals surface area contributed by atoms with Gasteiger partial charge in [-0.25, -0.2) is 8.78 Å². The number of hydrogen-bond donors (Lipinski definition) is 2. The van der Waals surface area contributed by atoms with Gasteiger partial charge in [-0.05, 0) is 23.8 Å². The van der Waals surface area contributed by atoms with Crippen LogP contribution < -0.4 is 10.6 Å². The van der Waals surface area contributed by atoms with Crippen molar-refractivity contribution in [2.45, 2.75) is 18.8 Å². The lowest BCUT2D eigenvalue weighted by atomic mass is 10.1. The van der Waals surface area contributed by atoms with Crippen LogP contribution in [-0.4, -0.2) is 24.3 Å². The molecule has 0 unspecified atom stereocenters.